The zero-order valence-corrected chi connectivity index (χ0v) is 13.9. The van der Waals surface area contributed by atoms with Crippen LogP contribution in [0.25, 0.3) is 0 Å². The van der Waals surface area contributed by atoms with Gasteiger partial charge in [0.25, 0.3) is 0 Å². The van der Waals surface area contributed by atoms with Gasteiger partial charge in [-0.05, 0) is 37.9 Å². The van der Waals surface area contributed by atoms with Crippen molar-refractivity contribution >= 4 is 21.4 Å². The summed E-state index contributed by atoms with van der Waals surface area (Å²) in [6.07, 6.45) is 6.08. The van der Waals surface area contributed by atoms with Gasteiger partial charge in [0.05, 0.1) is 0 Å². The molecule has 0 unspecified atom stereocenters. The molecule has 0 radical (unpaired) electrons. The van der Waals surface area contributed by atoms with Gasteiger partial charge in [-0.15, -0.1) is 11.3 Å². The van der Waals surface area contributed by atoms with Gasteiger partial charge in [-0.25, -0.2) is 13.1 Å². The zero-order chi connectivity index (χ0) is 14.6. The molecular weight excluding hydrogens is 292 g/mol. The summed E-state index contributed by atoms with van der Waals surface area (Å²) in [5.41, 5.74) is 1.04. The van der Waals surface area contributed by atoms with Crippen molar-refractivity contribution in [3.05, 3.63) is 16.5 Å². The van der Waals surface area contributed by atoms with Gasteiger partial charge in [-0.3, -0.25) is 0 Å². The van der Waals surface area contributed by atoms with Crippen LogP contribution in [0.5, 0.6) is 0 Å². The lowest BCUT2D eigenvalue weighted by Crippen LogP contribution is -2.25. The summed E-state index contributed by atoms with van der Waals surface area (Å²) in [7, 11) is -1.46. The van der Waals surface area contributed by atoms with Gasteiger partial charge in [0.2, 0.25) is 10.0 Å². The van der Waals surface area contributed by atoms with Crippen molar-refractivity contribution in [3.8, 4) is 0 Å². The quantitative estimate of drug-likeness (QED) is 0.813. The molecule has 1 heterocycles. The Labute approximate surface area is 126 Å². The van der Waals surface area contributed by atoms with Crippen LogP contribution in [0.2, 0.25) is 0 Å². The molecule has 0 aliphatic heterocycles. The maximum absolute atomic E-state index is 12.3. The van der Waals surface area contributed by atoms with Gasteiger partial charge in [0, 0.05) is 18.0 Å². The average Bonchev–Trinajstić information content (AvgIpc) is 3.01. The minimum Gasteiger partial charge on any atom is -0.315 e. The molecule has 2 N–H and O–H groups in total. The predicted octanol–water partition coefficient (Wildman–Crippen LogP) is 2.63. The van der Waals surface area contributed by atoms with Crippen LogP contribution in [0.4, 0.5) is 0 Å². The lowest BCUT2D eigenvalue weighted by molar-refractivity contribution is 0.496. The van der Waals surface area contributed by atoms with Crippen LogP contribution >= 0.6 is 11.3 Å². The van der Waals surface area contributed by atoms with Crippen molar-refractivity contribution in [1.29, 1.82) is 0 Å². The largest absolute Gasteiger partial charge is 0.315 e. The fraction of sp³-hybridized carbons (Fsp3) is 0.714. The third-order valence-electron chi connectivity index (χ3n) is 3.92. The Hall–Kier alpha value is -0.430. The SMILES string of the molecule is CNCc1sc(S(=O)(=O)NCCC2CCCC2)cc1C. The van der Waals surface area contributed by atoms with Gasteiger partial charge < -0.3 is 5.32 Å². The van der Waals surface area contributed by atoms with Crippen LogP contribution in [-0.2, 0) is 16.6 Å². The molecule has 20 heavy (non-hydrogen) atoms. The zero-order valence-electron chi connectivity index (χ0n) is 12.2. The second kappa shape index (κ2) is 7.02. The molecule has 0 aromatic carbocycles. The number of thiophene rings is 1. The minimum absolute atomic E-state index is 0.437. The number of nitrogens with one attached hydrogen (secondary N) is 2. The van der Waals surface area contributed by atoms with E-state index in [0.29, 0.717) is 23.2 Å². The van der Waals surface area contributed by atoms with E-state index in [2.05, 4.69) is 10.0 Å². The van der Waals surface area contributed by atoms with Crippen LogP contribution in [0.1, 0.15) is 42.5 Å². The van der Waals surface area contributed by atoms with Gasteiger partial charge in [-0.1, -0.05) is 25.7 Å². The summed E-state index contributed by atoms with van der Waals surface area (Å²) < 4.78 is 27.7. The Balaban J connectivity index is 1.93. The summed E-state index contributed by atoms with van der Waals surface area (Å²) >= 11 is 1.36. The van der Waals surface area contributed by atoms with Crippen LogP contribution in [-0.4, -0.2) is 22.0 Å². The highest BCUT2D eigenvalue weighted by Gasteiger charge is 2.20. The molecule has 1 aromatic heterocycles. The smallest absolute Gasteiger partial charge is 0.250 e. The van der Waals surface area contributed by atoms with Gasteiger partial charge in [-0.2, -0.15) is 0 Å². The van der Waals surface area contributed by atoms with Crippen LogP contribution in [0.3, 0.4) is 0 Å². The monoisotopic (exact) mass is 316 g/mol. The highest BCUT2D eigenvalue weighted by atomic mass is 32.2. The Morgan fingerprint density at radius 2 is 2.05 bits per heavy atom. The molecular formula is C14H24N2O2S2. The first-order valence-corrected chi connectivity index (χ1v) is 9.56. The molecule has 0 bridgehead atoms. The molecule has 1 aliphatic carbocycles. The van der Waals surface area contributed by atoms with Gasteiger partial charge in [0.15, 0.2) is 0 Å². The summed E-state index contributed by atoms with van der Waals surface area (Å²) in [5.74, 6) is 0.711. The van der Waals surface area contributed by atoms with Crippen LogP contribution < -0.4 is 10.0 Å². The van der Waals surface area contributed by atoms with Gasteiger partial charge >= 0.3 is 0 Å². The molecule has 0 atom stereocenters. The Kier molecular flexibility index (Phi) is 5.60. The third kappa shape index (κ3) is 4.04. The molecule has 1 fully saturated rings. The number of aryl methyl sites for hydroxylation is 1. The number of rotatable bonds is 7. The standard InChI is InChI=1S/C14H24N2O2S2/c1-11-9-14(19-13(11)10-15-2)20(17,18)16-8-7-12-5-3-4-6-12/h9,12,15-16H,3-8,10H2,1-2H3. The molecule has 1 aliphatic rings. The maximum atomic E-state index is 12.3. The predicted molar refractivity (Wildman–Crippen MR) is 83.6 cm³/mol. The van der Waals surface area contributed by atoms with E-state index in [4.69, 9.17) is 0 Å². The second-order valence-electron chi connectivity index (χ2n) is 5.54. The first-order chi connectivity index (χ1) is 9.53. The fourth-order valence-electron chi connectivity index (χ4n) is 2.72. The number of sulfonamides is 1. The van der Waals surface area contributed by atoms with Crippen molar-refractivity contribution in [1.82, 2.24) is 10.0 Å². The highest BCUT2D eigenvalue weighted by Crippen LogP contribution is 2.28. The van der Waals surface area contributed by atoms with E-state index >= 15 is 0 Å². The molecule has 1 saturated carbocycles. The molecule has 114 valence electrons. The molecule has 0 saturated heterocycles. The summed E-state index contributed by atoms with van der Waals surface area (Å²) in [6, 6.07) is 1.77. The van der Waals surface area contributed by atoms with Gasteiger partial charge in [0.1, 0.15) is 4.21 Å². The minimum atomic E-state index is -3.33. The van der Waals surface area contributed by atoms with Crippen LogP contribution in [0.15, 0.2) is 10.3 Å². The fourth-order valence-corrected chi connectivity index (χ4v) is 5.42. The lowest BCUT2D eigenvalue weighted by Gasteiger charge is -2.09. The first-order valence-electron chi connectivity index (χ1n) is 7.26. The third-order valence-corrected chi connectivity index (χ3v) is 7.09. The van der Waals surface area contributed by atoms with Crippen molar-refractivity contribution in [3.63, 3.8) is 0 Å². The molecule has 2 rings (SSSR count). The molecule has 6 heteroatoms. The summed E-state index contributed by atoms with van der Waals surface area (Å²) in [4.78, 5) is 1.09. The van der Waals surface area contributed by atoms with E-state index in [0.717, 1.165) is 16.9 Å². The molecule has 4 nitrogen and oxygen atoms in total. The van der Waals surface area contributed by atoms with E-state index < -0.39 is 10.0 Å². The second-order valence-corrected chi connectivity index (χ2v) is 8.67. The summed E-state index contributed by atoms with van der Waals surface area (Å²) in [6.45, 7) is 3.24. The van der Waals surface area contributed by atoms with Crippen molar-refractivity contribution in [2.24, 2.45) is 5.92 Å². The van der Waals surface area contributed by atoms with E-state index in [1.54, 1.807) is 6.07 Å². The van der Waals surface area contributed by atoms with E-state index in [1.807, 2.05) is 14.0 Å². The van der Waals surface area contributed by atoms with E-state index in [9.17, 15) is 8.42 Å². The lowest BCUT2D eigenvalue weighted by atomic mass is 10.1. The Bertz CT molecular complexity index is 531. The van der Waals surface area contributed by atoms with E-state index in [1.165, 1.54) is 37.0 Å². The number of hydrogen-bond donors (Lipinski definition) is 2. The Morgan fingerprint density at radius 3 is 2.70 bits per heavy atom. The normalized spacial score (nSPS) is 16.9. The van der Waals surface area contributed by atoms with Crippen molar-refractivity contribution in [2.45, 2.75) is 49.8 Å². The average molecular weight is 316 g/mol. The van der Waals surface area contributed by atoms with Crippen molar-refractivity contribution < 1.29 is 8.42 Å². The molecule has 0 amide bonds. The first kappa shape index (κ1) is 15.9. The molecule has 1 aromatic rings. The highest BCUT2D eigenvalue weighted by molar-refractivity contribution is 7.91. The topological polar surface area (TPSA) is 58.2 Å². The molecule has 0 spiro atoms. The number of hydrogen-bond acceptors (Lipinski definition) is 4. The van der Waals surface area contributed by atoms with Crippen LogP contribution in [0, 0.1) is 12.8 Å². The Morgan fingerprint density at radius 1 is 1.35 bits per heavy atom. The van der Waals surface area contributed by atoms with Crippen molar-refractivity contribution in [2.75, 3.05) is 13.6 Å². The van der Waals surface area contributed by atoms with E-state index in [-0.39, 0.29) is 0 Å². The summed E-state index contributed by atoms with van der Waals surface area (Å²) in [5, 5.41) is 3.07. The maximum Gasteiger partial charge on any atom is 0.250 e.